The Morgan fingerprint density at radius 3 is 2.71 bits per heavy atom. The number of nitrogens with zero attached hydrogens (tertiary/aromatic N) is 3. The van der Waals surface area contributed by atoms with Crippen LogP contribution in [-0.4, -0.2) is 32.6 Å². The van der Waals surface area contributed by atoms with Gasteiger partial charge in [-0.2, -0.15) is 5.10 Å². The molecule has 2 aromatic heterocycles. The quantitative estimate of drug-likeness (QED) is 0.636. The van der Waals surface area contributed by atoms with E-state index < -0.39 is 23.3 Å². The molecule has 1 aromatic carbocycles. The van der Waals surface area contributed by atoms with Crippen LogP contribution in [0.4, 0.5) is 25.0 Å². The smallest absolute Gasteiger partial charge is 0.412 e. The molecule has 0 radical (unpaired) electrons. The third-order valence-corrected chi connectivity index (χ3v) is 3.66. The van der Waals surface area contributed by atoms with Gasteiger partial charge in [-0.05, 0) is 45.9 Å². The number of nitrogens with one attached hydrogen (secondary N) is 2. The van der Waals surface area contributed by atoms with Gasteiger partial charge in [0.05, 0.1) is 35.0 Å². The number of amides is 1. The van der Waals surface area contributed by atoms with Crippen LogP contribution in [0.2, 0.25) is 0 Å². The number of aromatic amines is 1. The highest BCUT2D eigenvalue weighted by Gasteiger charge is 2.21. The first kappa shape index (κ1) is 19.4. The summed E-state index contributed by atoms with van der Waals surface area (Å²) in [5.74, 6) is -1.74. The summed E-state index contributed by atoms with van der Waals surface area (Å²) in [6, 6.07) is 3.88. The minimum absolute atomic E-state index is 0.0903. The van der Waals surface area contributed by atoms with Crippen LogP contribution < -0.4 is 5.32 Å². The number of aromatic nitrogens is 3. The predicted octanol–water partition coefficient (Wildman–Crippen LogP) is 4.72. The molecule has 0 saturated carbocycles. The summed E-state index contributed by atoms with van der Waals surface area (Å²) in [6.45, 7) is 6.51. The van der Waals surface area contributed by atoms with E-state index in [0.717, 1.165) is 17.5 Å². The summed E-state index contributed by atoms with van der Waals surface area (Å²) in [7, 11) is 0. The van der Waals surface area contributed by atoms with E-state index in [1.165, 1.54) is 13.1 Å². The van der Waals surface area contributed by atoms with E-state index in [1.54, 1.807) is 33.0 Å². The van der Waals surface area contributed by atoms with Gasteiger partial charge in [-0.15, -0.1) is 0 Å². The zero-order chi connectivity index (χ0) is 20.5. The number of carbonyl (C=O) groups is 1. The maximum absolute atomic E-state index is 14.9. The maximum atomic E-state index is 14.9. The molecule has 0 saturated heterocycles. The number of hydrogen-bond acceptors (Lipinski definition) is 5. The largest absolute Gasteiger partial charge is 0.444 e. The van der Waals surface area contributed by atoms with Gasteiger partial charge in [0.2, 0.25) is 0 Å². The van der Waals surface area contributed by atoms with Crippen molar-refractivity contribution in [1.29, 1.82) is 0 Å². The first-order chi connectivity index (χ1) is 13.1. The zero-order valence-corrected chi connectivity index (χ0v) is 15.8. The number of rotatable bonds is 3. The van der Waals surface area contributed by atoms with Crippen LogP contribution in [0.25, 0.3) is 11.0 Å². The van der Waals surface area contributed by atoms with Crippen LogP contribution in [0, 0.1) is 11.6 Å². The minimum Gasteiger partial charge on any atom is -0.444 e. The molecule has 0 fully saturated rings. The highest BCUT2D eigenvalue weighted by molar-refractivity contribution is 6.02. The molecular weight excluding hydrogens is 368 g/mol. The van der Waals surface area contributed by atoms with Gasteiger partial charge in [-0.25, -0.2) is 18.6 Å². The SMILES string of the molecule is CC(=Nc1cnc2[nH]ncc2c1)c1c(F)ccc(NC(=O)OC(C)(C)C)c1F. The molecule has 2 N–H and O–H groups in total. The number of ether oxygens (including phenoxy) is 1. The highest BCUT2D eigenvalue weighted by Crippen LogP contribution is 2.25. The average molecular weight is 387 g/mol. The van der Waals surface area contributed by atoms with Crippen LogP contribution >= 0.6 is 0 Å². The molecule has 3 aromatic rings. The van der Waals surface area contributed by atoms with Crippen molar-refractivity contribution in [2.24, 2.45) is 4.99 Å². The van der Waals surface area contributed by atoms with Crippen LogP contribution in [0.3, 0.4) is 0 Å². The fourth-order valence-electron chi connectivity index (χ4n) is 2.53. The molecule has 0 bridgehead atoms. The molecular formula is C19H19F2N5O2. The molecule has 2 heterocycles. The van der Waals surface area contributed by atoms with Crippen LogP contribution in [0.5, 0.6) is 0 Å². The minimum atomic E-state index is -0.940. The number of aliphatic imine (C=N–C) groups is 1. The van der Waals surface area contributed by atoms with Crippen LogP contribution in [0.1, 0.15) is 33.3 Å². The number of halogens is 2. The van der Waals surface area contributed by atoms with E-state index in [-0.39, 0.29) is 17.0 Å². The lowest BCUT2D eigenvalue weighted by Gasteiger charge is -2.20. The lowest BCUT2D eigenvalue weighted by atomic mass is 10.1. The first-order valence-corrected chi connectivity index (χ1v) is 8.47. The predicted molar refractivity (Wildman–Crippen MR) is 102 cm³/mol. The van der Waals surface area contributed by atoms with Gasteiger partial charge < -0.3 is 4.74 Å². The number of carbonyl (C=O) groups excluding carboxylic acids is 1. The molecule has 146 valence electrons. The molecule has 0 aliphatic rings. The van der Waals surface area contributed by atoms with E-state index in [4.69, 9.17) is 4.74 Å². The number of benzene rings is 1. The van der Waals surface area contributed by atoms with E-state index in [1.807, 2.05) is 0 Å². The third kappa shape index (κ3) is 4.30. The van der Waals surface area contributed by atoms with Gasteiger partial charge in [-0.3, -0.25) is 15.4 Å². The van der Waals surface area contributed by atoms with Gasteiger partial charge in [0.25, 0.3) is 0 Å². The molecule has 9 heteroatoms. The van der Waals surface area contributed by atoms with Gasteiger partial charge in [0.15, 0.2) is 11.5 Å². The van der Waals surface area contributed by atoms with Crippen molar-refractivity contribution in [1.82, 2.24) is 15.2 Å². The fraction of sp³-hybridized carbons (Fsp3) is 0.263. The van der Waals surface area contributed by atoms with Crippen molar-refractivity contribution in [3.8, 4) is 0 Å². The second kappa shape index (κ2) is 7.34. The molecule has 0 spiro atoms. The Hall–Kier alpha value is -3.36. The van der Waals surface area contributed by atoms with Crippen molar-refractivity contribution in [3.05, 3.63) is 47.8 Å². The third-order valence-electron chi connectivity index (χ3n) is 3.66. The van der Waals surface area contributed by atoms with Gasteiger partial charge in [0, 0.05) is 5.39 Å². The number of hydrogen-bond donors (Lipinski definition) is 2. The Bertz CT molecular complexity index is 1070. The lowest BCUT2D eigenvalue weighted by Crippen LogP contribution is -2.27. The van der Waals surface area contributed by atoms with Crippen molar-refractivity contribution in [2.75, 3.05) is 5.32 Å². The second-order valence-corrected chi connectivity index (χ2v) is 7.11. The number of fused-ring (bicyclic) bond motifs is 1. The van der Waals surface area contributed by atoms with Crippen molar-refractivity contribution < 1.29 is 18.3 Å². The summed E-state index contributed by atoms with van der Waals surface area (Å²) in [5.41, 5.74) is -0.218. The van der Waals surface area contributed by atoms with Crippen LogP contribution in [-0.2, 0) is 4.74 Å². The topological polar surface area (TPSA) is 92.3 Å². The molecule has 0 atom stereocenters. The molecule has 0 aliphatic heterocycles. The molecule has 7 nitrogen and oxygen atoms in total. The number of H-pyrrole nitrogens is 1. The van der Waals surface area contributed by atoms with E-state index in [9.17, 15) is 13.6 Å². The first-order valence-electron chi connectivity index (χ1n) is 8.47. The summed E-state index contributed by atoms with van der Waals surface area (Å²) >= 11 is 0. The summed E-state index contributed by atoms with van der Waals surface area (Å²) in [5, 5.41) is 9.58. The molecule has 0 aliphatic carbocycles. The van der Waals surface area contributed by atoms with E-state index in [0.29, 0.717) is 11.3 Å². The number of pyridine rings is 1. The van der Waals surface area contributed by atoms with E-state index >= 15 is 0 Å². The summed E-state index contributed by atoms with van der Waals surface area (Å²) < 4.78 is 34.3. The Morgan fingerprint density at radius 2 is 2.00 bits per heavy atom. The summed E-state index contributed by atoms with van der Waals surface area (Å²) in [4.78, 5) is 20.3. The van der Waals surface area contributed by atoms with Gasteiger partial charge >= 0.3 is 6.09 Å². The van der Waals surface area contributed by atoms with Gasteiger partial charge in [0.1, 0.15) is 11.4 Å². The Balaban J connectivity index is 1.93. The summed E-state index contributed by atoms with van der Waals surface area (Å²) in [6.07, 6.45) is 2.19. The van der Waals surface area contributed by atoms with Crippen molar-refractivity contribution >= 4 is 34.2 Å². The average Bonchev–Trinajstić information content (AvgIpc) is 3.03. The lowest BCUT2D eigenvalue weighted by molar-refractivity contribution is 0.0635. The Labute approximate surface area is 159 Å². The molecule has 3 rings (SSSR count). The van der Waals surface area contributed by atoms with E-state index in [2.05, 4.69) is 25.5 Å². The highest BCUT2D eigenvalue weighted by atomic mass is 19.1. The standard InChI is InChI=1S/C19H19F2N5O2/c1-10(24-12-7-11-8-23-26-17(11)22-9-12)15-13(20)5-6-14(16(15)21)25-18(27)28-19(2,3)4/h5-9H,1-4H3,(H,25,27)(H,22,23,26). The van der Waals surface area contributed by atoms with Gasteiger partial charge in [-0.1, -0.05) is 0 Å². The Morgan fingerprint density at radius 1 is 1.25 bits per heavy atom. The second-order valence-electron chi connectivity index (χ2n) is 7.11. The monoisotopic (exact) mass is 387 g/mol. The van der Waals surface area contributed by atoms with Crippen LogP contribution in [0.15, 0.2) is 35.6 Å². The Kier molecular flexibility index (Phi) is 5.08. The number of anilines is 1. The van der Waals surface area contributed by atoms with Crippen molar-refractivity contribution in [3.63, 3.8) is 0 Å². The maximum Gasteiger partial charge on any atom is 0.412 e. The zero-order valence-electron chi connectivity index (χ0n) is 15.8. The molecule has 28 heavy (non-hydrogen) atoms. The molecule has 0 unspecified atom stereocenters. The normalized spacial score (nSPS) is 12.3. The fourth-order valence-corrected chi connectivity index (χ4v) is 2.53. The molecule has 1 amide bonds. The van der Waals surface area contributed by atoms with Crippen molar-refractivity contribution in [2.45, 2.75) is 33.3 Å².